The van der Waals surface area contributed by atoms with E-state index in [-0.39, 0.29) is 0 Å². The van der Waals surface area contributed by atoms with Crippen LogP contribution in [0.4, 0.5) is 0 Å². The molecule has 1 fully saturated rings. The minimum absolute atomic E-state index is 0.942. The van der Waals surface area contributed by atoms with Gasteiger partial charge in [0.05, 0.1) is 10.7 Å². The van der Waals surface area contributed by atoms with Crippen LogP contribution in [0.3, 0.4) is 0 Å². The van der Waals surface area contributed by atoms with Crippen molar-refractivity contribution in [1.82, 2.24) is 10.3 Å². The highest BCUT2D eigenvalue weighted by Gasteiger charge is 2.13. The summed E-state index contributed by atoms with van der Waals surface area (Å²) in [6.07, 6.45) is 7.17. The summed E-state index contributed by atoms with van der Waals surface area (Å²) >= 11 is 1.74. The topological polar surface area (TPSA) is 24.9 Å². The molecule has 1 aliphatic rings. The number of nitrogens with one attached hydrogen (secondary N) is 1. The van der Waals surface area contributed by atoms with Crippen molar-refractivity contribution < 1.29 is 0 Å². The van der Waals surface area contributed by atoms with Gasteiger partial charge in [-0.25, -0.2) is 4.98 Å². The molecule has 0 saturated heterocycles. The molecule has 0 unspecified atom stereocenters. The van der Waals surface area contributed by atoms with Gasteiger partial charge in [0.15, 0.2) is 0 Å². The Morgan fingerprint density at radius 3 is 2.93 bits per heavy atom. The second-order valence-electron chi connectivity index (χ2n) is 4.47. The highest BCUT2D eigenvalue weighted by molar-refractivity contribution is 7.09. The molecule has 1 aromatic rings. The second-order valence-corrected chi connectivity index (χ2v) is 5.54. The molecule has 0 radical (unpaired) electrons. The Morgan fingerprint density at radius 2 is 2.27 bits per heavy atom. The highest BCUT2D eigenvalue weighted by atomic mass is 32.1. The van der Waals surface area contributed by atoms with Crippen molar-refractivity contribution in [2.75, 3.05) is 6.54 Å². The molecule has 0 aliphatic heterocycles. The van der Waals surface area contributed by atoms with E-state index in [9.17, 15) is 0 Å². The lowest BCUT2D eigenvalue weighted by molar-refractivity contribution is 0.476. The summed E-state index contributed by atoms with van der Waals surface area (Å²) in [5.74, 6) is 0.995. The van der Waals surface area contributed by atoms with E-state index in [0.717, 1.165) is 19.0 Å². The maximum atomic E-state index is 4.44. The lowest BCUT2D eigenvalue weighted by Gasteiger charge is -2.08. The fourth-order valence-electron chi connectivity index (χ4n) is 2.31. The van der Waals surface area contributed by atoms with Crippen molar-refractivity contribution in [1.29, 1.82) is 0 Å². The van der Waals surface area contributed by atoms with Gasteiger partial charge in [-0.2, -0.15) is 0 Å². The van der Waals surface area contributed by atoms with Crippen LogP contribution in [-0.2, 0) is 6.54 Å². The van der Waals surface area contributed by atoms with Gasteiger partial charge in [-0.05, 0) is 25.8 Å². The van der Waals surface area contributed by atoms with Gasteiger partial charge >= 0.3 is 0 Å². The van der Waals surface area contributed by atoms with E-state index in [1.165, 1.54) is 42.8 Å². The molecule has 0 bridgehead atoms. The molecule has 1 aromatic heterocycles. The minimum Gasteiger partial charge on any atom is -0.311 e. The SMILES string of the molecule is Cc1nc(CNCCC2CCCC2)cs1. The van der Waals surface area contributed by atoms with Crippen molar-refractivity contribution in [2.45, 2.75) is 45.6 Å². The quantitative estimate of drug-likeness (QED) is 0.777. The number of thiazole rings is 1. The predicted molar refractivity (Wildman–Crippen MR) is 65.1 cm³/mol. The minimum atomic E-state index is 0.942. The Kier molecular flexibility index (Phi) is 4.15. The van der Waals surface area contributed by atoms with Crippen LogP contribution in [-0.4, -0.2) is 11.5 Å². The molecule has 0 spiro atoms. The zero-order chi connectivity index (χ0) is 10.5. The Morgan fingerprint density at radius 1 is 1.47 bits per heavy atom. The molecular weight excluding hydrogens is 204 g/mol. The molecule has 15 heavy (non-hydrogen) atoms. The van der Waals surface area contributed by atoms with E-state index in [1.54, 1.807) is 11.3 Å². The summed E-state index contributed by atoms with van der Waals surface area (Å²) in [6.45, 7) is 4.16. The molecule has 0 amide bonds. The average Bonchev–Trinajstić information content (AvgIpc) is 2.84. The molecule has 2 nitrogen and oxygen atoms in total. The van der Waals surface area contributed by atoms with Crippen LogP contribution < -0.4 is 5.32 Å². The Balaban J connectivity index is 1.58. The number of hydrogen-bond acceptors (Lipinski definition) is 3. The Hall–Kier alpha value is -0.410. The van der Waals surface area contributed by atoms with Crippen molar-refractivity contribution in [3.63, 3.8) is 0 Å². The van der Waals surface area contributed by atoms with Crippen LogP contribution in [0.1, 0.15) is 42.8 Å². The summed E-state index contributed by atoms with van der Waals surface area (Å²) in [4.78, 5) is 4.44. The smallest absolute Gasteiger partial charge is 0.0897 e. The lowest BCUT2D eigenvalue weighted by atomic mass is 10.0. The third-order valence-electron chi connectivity index (χ3n) is 3.18. The number of hydrogen-bond donors (Lipinski definition) is 1. The van der Waals surface area contributed by atoms with Crippen LogP contribution in [0, 0.1) is 12.8 Å². The zero-order valence-corrected chi connectivity index (χ0v) is 10.3. The van der Waals surface area contributed by atoms with Gasteiger partial charge in [0.25, 0.3) is 0 Å². The Labute approximate surface area is 96.1 Å². The standard InChI is InChI=1S/C12H20N2S/c1-10-14-12(9-15-10)8-13-7-6-11-4-2-3-5-11/h9,11,13H,2-8H2,1H3. The molecule has 0 atom stereocenters. The highest BCUT2D eigenvalue weighted by Crippen LogP contribution is 2.26. The molecule has 1 N–H and O–H groups in total. The van der Waals surface area contributed by atoms with Gasteiger partial charge in [0.2, 0.25) is 0 Å². The van der Waals surface area contributed by atoms with Crippen LogP contribution in [0.15, 0.2) is 5.38 Å². The third-order valence-corrected chi connectivity index (χ3v) is 4.00. The van der Waals surface area contributed by atoms with Crippen molar-refractivity contribution in [3.05, 3.63) is 16.1 Å². The second kappa shape index (κ2) is 5.61. The molecule has 3 heteroatoms. The maximum absolute atomic E-state index is 4.44. The van der Waals surface area contributed by atoms with E-state index in [1.807, 2.05) is 0 Å². The summed E-state index contributed by atoms with van der Waals surface area (Å²) in [5, 5.41) is 6.81. The van der Waals surface area contributed by atoms with Gasteiger partial charge in [-0.1, -0.05) is 25.7 Å². The molecule has 84 valence electrons. The normalized spacial score (nSPS) is 17.4. The predicted octanol–water partition coefficient (Wildman–Crippen LogP) is 3.12. The van der Waals surface area contributed by atoms with E-state index in [0.29, 0.717) is 0 Å². The van der Waals surface area contributed by atoms with Crippen LogP contribution in [0.5, 0.6) is 0 Å². The van der Waals surface area contributed by atoms with E-state index < -0.39 is 0 Å². The van der Waals surface area contributed by atoms with Crippen molar-refractivity contribution in [2.24, 2.45) is 5.92 Å². The molecule has 1 heterocycles. The van der Waals surface area contributed by atoms with Gasteiger partial charge in [-0.15, -0.1) is 11.3 Å². The summed E-state index contributed by atoms with van der Waals surface area (Å²) in [5.41, 5.74) is 1.20. The fourth-order valence-corrected chi connectivity index (χ4v) is 2.92. The van der Waals surface area contributed by atoms with Crippen molar-refractivity contribution in [3.8, 4) is 0 Å². The number of aryl methyl sites for hydroxylation is 1. The molecule has 0 aromatic carbocycles. The van der Waals surface area contributed by atoms with Crippen molar-refractivity contribution >= 4 is 11.3 Å². The molecule has 2 rings (SSSR count). The van der Waals surface area contributed by atoms with Crippen LogP contribution in [0.25, 0.3) is 0 Å². The monoisotopic (exact) mass is 224 g/mol. The largest absolute Gasteiger partial charge is 0.311 e. The zero-order valence-electron chi connectivity index (χ0n) is 9.46. The first kappa shape index (κ1) is 11.1. The first-order chi connectivity index (χ1) is 7.34. The number of nitrogens with zero attached hydrogens (tertiary/aromatic N) is 1. The molecule has 1 aliphatic carbocycles. The molecule has 1 saturated carbocycles. The Bertz CT molecular complexity index is 290. The number of rotatable bonds is 5. The summed E-state index contributed by atoms with van der Waals surface area (Å²) in [7, 11) is 0. The average molecular weight is 224 g/mol. The number of aromatic nitrogens is 1. The van der Waals surface area contributed by atoms with Crippen LogP contribution in [0.2, 0.25) is 0 Å². The summed E-state index contributed by atoms with van der Waals surface area (Å²) < 4.78 is 0. The van der Waals surface area contributed by atoms with Crippen LogP contribution >= 0.6 is 11.3 Å². The summed E-state index contributed by atoms with van der Waals surface area (Å²) in [6, 6.07) is 0. The van der Waals surface area contributed by atoms with Gasteiger partial charge < -0.3 is 5.32 Å². The van der Waals surface area contributed by atoms with E-state index in [2.05, 4.69) is 22.6 Å². The molecular formula is C12H20N2S. The van der Waals surface area contributed by atoms with Gasteiger partial charge in [-0.3, -0.25) is 0 Å². The maximum Gasteiger partial charge on any atom is 0.0897 e. The van der Waals surface area contributed by atoms with E-state index >= 15 is 0 Å². The van der Waals surface area contributed by atoms with Gasteiger partial charge in [0, 0.05) is 11.9 Å². The first-order valence-electron chi connectivity index (χ1n) is 5.96. The third kappa shape index (κ3) is 3.58. The van der Waals surface area contributed by atoms with E-state index in [4.69, 9.17) is 0 Å². The first-order valence-corrected chi connectivity index (χ1v) is 6.84. The lowest BCUT2D eigenvalue weighted by Crippen LogP contribution is -2.17. The van der Waals surface area contributed by atoms with Gasteiger partial charge in [0.1, 0.15) is 0 Å². The fraction of sp³-hybridized carbons (Fsp3) is 0.750.